The smallest absolute Gasteiger partial charge is 0.0691 e. The number of rotatable bonds is 5. The predicted molar refractivity (Wildman–Crippen MR) is 141 cm³/mol. The highest BCUT2D eigenvalue weighted by Crippen LogP contribution is 2.50. The summed E-state index contributed by atoms with van der Waals surface area (Å²) in [6, 6.07) is 15.7. The monoisotopic (exact) mass is 449 g/mol. The third-order valence-corrected chi connectivity index (χ3v) is 8.07. The average molecular weight is 450 g/mol. The maximum absolute atomic E-state index is 6.42. The molecule has 0 bridgehead atoms. The van der Waals surface area contributed by atoms with Gasteiger partial charge in [-0.1, -0.05) is 77.3 Å². The fraction of sp³-hybridized carbons (Fsp3) is 0.645. The van der Waals surface area contributed by atoms with Gasteiger partial charge in [0.2, 0.25) is 0 Å². The molecule has 0 amide bonds. The lowest BCUT2D eigenvalue weighted by Gasteiger charge is -2.46. The van der Waals surface area contributed by atoms with Crippen molar-refractivity contribution < 1.29 is 4.74 Å². The fourth-order valence-electron chi connectivity index (χ4n) is 6.64. The molecule has 1 aromatic carbocycles. The quantitative estimate of drug-likeness (QED) is 0.455. The van der Waals surface area contributed by atoms with Gasteiger partial charge in [-0.05, 0) is 87.0 Å². The van der Waals surface area contributed by atoms with Crippen molar-refractivity contribution in [2.24, 2.45) is 0 Å². The lowest BCUT2D eigenvalue weighted by atomic mass is 9.66. The van der Waals surface area contributed by atoms with Gasteiger partial charge in [-0.15, -0.1) is 0 Å². The van der Waals surface area contributed by atoms with Crippen LogP contribution >= 0.6 is 0 Å². The van der Waals surface area contributed by atoms with Gasteiger partial charge in [-0.25, -0.2) is 0 Å². The molecule has 1 aliphatic heterocycles. The van der Waals surface area contributed by atoms with E-state index in [1.807, 2.05) is 33.9 Å². The van der Waals surface area contributed by atoms with Crippen molar-refractivity contribution in [2.45, 2.75) is 122 Å². The van der Waals surface area contributed by atoms with Gasteiger partial charge in [0.1, 0.15) is 0 Å². The molecule has 2 nitrogen and oxygen atoms in total. The van der Waals surface area contributed by atoms with Crippen molar-refractivity contribution >= 4 is 0 Å². The molecule has 182 valence electrons. The van der Waals surface area contributed by atoms with E-state index in [1.165, 1.54) is 76.3 Å². The molecule has 1 aromatic heterocycles. The van der Waals surface area contributed by atoms with Crippen LogP contribution in [-0.2, 0) is 16.6 Å². The molecule has 2 aliphatic carbocycles. The summed E-state index contributed by atoms with van der Waals surface area (Å²) in [5, 5.41) is 0. The zero-order valence-corrected chi connectivity index (χ0v) is 21.7. The standard InChI is InChI=1S/C27H35NO.2C2H6/c1-2-13-24-22(9-1)10-7-11-23(24)12-8-15-26(25-14-3-6-19-28-25)18-20-29-27(21-26)16-4-5-17-27;2*1-2/h1-3,6,9,13-14,19,23H,4-5,7-8,10-12,15-18,20-21H2;2*1-2H3/t23?,26-;;/m1../s1. The topological polar surface area (TPSA) is 22.1 Å². The van der Waals surface area contributed by atoms with E-state index >= 15 is 0 Å². The molecule has 3 aliphatic rings. The second kappa shape index (κ2) is 12.7. The van der Waals surface area contributed by atoms with Crippen LogP contribution in [0.3, 0.4) is 0 Å². The maximum Gasteiger partial charge on any atom is 0.0691 e. The Labute approximate surface area is 203 Å². The Bertz CT molecular complexity index is 811. The zero-order chi connectivity index (χ0) is 23.6. The molecule has 5 rings (SSSR count). The predicted octanol–water partition coefficient (Wildman–Crippen LogP) is 8.79. The lowest BCUT2D eigenvalue weighted by Crippen LogP contribution is -2.46. The minimum Gasteiger partial charge on any atom is -0.375 e. The van der Waals surface area contributed by atoms with E-state index in [4.69, 9.17) is 9.72 Å². The molecule has 33 heavy (non-hydrogen) atoms. The van der Waals surface area contributed by atoms with Crippen LogP contribution in [0, 0.1) is 0 Å². The summed E-state index contributed by atoms with van der Waals surface area (Å²) in [7, 11) is 0. The van der Waals surface area contributed by atoms with Crippen LogP contribution in [0.2, 0.25) is 0 Å². The van der Waals surface area contributed by atoms with Gasteiger partial charge < -0.3 is 4.74 Å². The first-order valence-electron chi connectivity index (χ1n) is 13.9. The second-order valence-corrected chi connectivity index (χ2v) is 9.84. The van der Waals surface area contributed by atoms with Crippen molar-refractivity contribution in [1.82, 2.24) is 4.98 Å². The first-order chi connectivity index (χ1) is 16.3. The average Bonchev–Trinajstić information content (AvgIpc) is 3.34. The molecule has 0 N–H and O–H groups in total. The summed E-state index contributed by atoms with van der Waals surface area (Å²) < 4.78 is 6.42. The molecular formula is C31H47NO. The van der Waals surface area contributed by atoms with Crippen molar-refractivity contribution in [3.63, 3.8) is 0 Å². The highest BCUT2D eigenvalue weighted by molar-refractivity contribution is 5.32. The number of ether oxygens (including phenoxy) is 1. The minimum absolute atomic E-state index is 0.132. The Morgan fingerprint density at radius 2 is 1.67 bits per heavy atom. The van der Waals surface area contributed by atoms with E-state index in [1.54, 1.807) is 11.1 Å². The first-order valence-corrected chi connectivity index (χ1v) is 13.9. The van der Waals surface area contributed by atoms with E-state index < -0.39 is 0 Å². The molecule has 2 atom stereocenters. The van der Waals surface area contributed by atoms with E-state index in [9.17, 15) is 0 Å². The summed E-state index contributed by atoms with van der Waals surface area (Å²) in [5.74, 6) is 0.751. The second-order valence-electron chi connectivity index (χ2n) is 9.84. The normalized spacial score (nSPS) is 25.3. The Balaban J connectivity index is 0.000000728. The van der Waals surface area contributed by atoms with Crippen LogP contribution in [0.5, 0.6) is 0 Å². The molecule has 2 heteroatoms. The summed E-state index contributed by atoms with van der Waals surface area (Å²) in [5.41, 5.74) is 4.88. The van der Waals surface area contributed by atoms with Crippen LogP contribution in [0.4, 0.5) is 0 Å². The fourth-order valence-corrected chi connectivity index (χ4v) is 6.64. The molecule has 0 radical (unpaired) electrons. The molecule has 2 aromatic rings. The van der Waals surface area contributed by atoms with Gasteiger partial charge >= 0.3 is 0 Å². The molecule has 1 saturated carbocycles. The third kappa shape index (κ3) is 6.07. The Hall–Kier alpha value is -1.67. The van der Waals surface area contributed by atoms with E-state index in [2.05, 4.69) is 42.5 Å². The molecular weight excluding hydrogens is 402 g/mol. The van der Waals surface area contributed by atoms with E-state index in [-0.39, 0.29) is 11.0 Å². The number of hydrogen-bond donors (Lipinski definition) is 0. The summed E-state index contributed by atoms with van der Waals surface area (Å²) >= 11 is 0. The van der Waals surface area contributed by atoms with Gasteiger partial charge in [0.05, 0.1) is 5.60 Å². The third-order valence-electron chi connectivity index (χ3n) is 8.07. The summed E-state index contributed by atoms with van der Waals surface area (Å²) in [6.45, 7) is 8.91. The van der Waals surface area contributed by atoms with Crippen molar-refractivity contribution in [3.8, 4) is 0 Å². The number of pyridine rings is 1. The van der Waals surface area contributed by atoms with Gasteiger partial charge in [0, 0.05) is 23.9 Å². The Morgan fingerprint density at radius 1 is 0.909 bits per heavy atom. The van der Waals surface area contributed by atoms with E-state index in [0.717, 1.165) is 18.9 Å². The van der Waals surface area contributed by atoms with Crippen LogP contribution in [-0.4, -0.2) is 17.2 Å². The number of nitrogens with zero attached hydrogens (tertiary/aromatic N) is 1. The number of aryl methyl sites for hydroxylation is 1. The molecule has 2 fully saturated rings. The summed E-state index contributed by atoms with van der Waals surface area (Å²) in [6.07, 6.45) is 17.3. The summed E-state index contributed by atoms with van der Waals surface area (Å²) in [4.78, 5) is 4.87. The highest BCUT2D eigenvalue weighted by Gasteiger charge is 2.48. The van der Waals surface area contributed by atoms with Crippen LogP contribution < -0.4 is 0 Å². The molecule has 1 saturated heterocycles. The largest absolute Gasteiger partial charge is 0.375 e. The minimum atomic E-state index is 0.132. The highest BCUT2D eigenvalue weighted by atomic mass is 16.5. The van der Waals surface area contributed by atoms with E-state index in [0.29, 0.717) is 0 Å². The van der Waals surface area contributed by atoms with Crippen LogP contribution in [0.25, 0.3) is 0 Å². The van der Waals surface area contributed by atoms with Crippen molar-refractivity contribution in [1.29, 1.82) is 0 Å². The number of fused-ring (bicyclic) bond motifs is 1. The van der Waals surface area contributed by atoms with Gasteiger partial charge in [-0.2, -0.15) is 0 Å². The number of benzene rings is 1. The van der Waals surface area contributed by atoms with Crippen LogP contribution in [0.1, 0.15) is 121 Å². The number of aromatic nitrogens is 1. The van der Waals surface area contributed by atoms with Gasteiger partial charge in [-0.3, -0.25) is 4.98 Å². The first kappa shape index (κ1) is 25.9. The zero-order valence-electron chi connectivity index (χ0n) is 21.7. The van der Waals surface area contributed by atoms with Gasteiger partial charge in [0.15, 0.2) is 0 Å². The number of hydrogen-bond acceptors (Lipinski definition) is 2. The van der Waals surface area contributed by atoms with Crippen LogP contribution in [0.15, 0.2) is 48.7 Å². The Morgan fingerprint density at radius 3 is 2.42 bits per heavy atom. The molecule has 2 heterocycles. The molecule has 1 spiro atoms. The maximum atomic E-state index is 6.42. The Kier molecular flexibility index (Phi) is 9.98. The SMILES string of the molecule is CC.CC.c1ccc([C@]2(CCCC3CCCc4ccccc43)CCOC3(CCCC3)C2)nc1. The lowest BCUT2D eigenvalue weighted by molar-refractivity contribution is -0.105. The molecule has 1 unspecified atom stereocenters. The van der Waals surface area contributed by atoms with Crippen molar-refractivity contribution in [3.05, 3.63) is 65.5 Å². The van der Waals surface area contributed by atoms with Crippen molar-refractivity contribution in [2.75, 3.05) is 6.61 Å². The van der Waals surface area contributed by atoms with Gasteiger partial charge in [0.25, 0.3) is 0 Å².